The van der Waals surface area contributed by atoms with E-state index in [2.05, 4.69) is 34.1 Å². The van der Waals surface area contributed by atoms with Crippen LogP contribution in [0.25, 0.3) is 10.6 Å². The predicted octanol–water partition coefficient (Wildman–Crippen LogP) is 4.63. The number of thiazole rings is 1. The van der Waals surface area contributed by atoms with E-state index in [1.807, 2.05) is 17.5 Å². The third-order valence-corrected chi connectivity index (χ3v) is 7.07. The summed E-state index contributed by atoms with van der Waals surface area (Å²) in [6.45, 7) is 7.44. The monoisotopic (exact) mass is 457 g/mol. The van der Waals surface area contributed by atoms with Gasteiger partial charge in [-0.3, -0.25) is 4.79 Å². The van der Waals surface area contributed by atoms with Crippen molar-refractivity contribution in [2.45, 2.75) is 51.0 Å². The molecular weight excluding hydrogens is 430 g/mol. The van der Waals surface area contributed by atoms with E-state index in [1.54, 1.807) is 32.9 Å². The van der Waals surface area contributed by atoms with Crippen LogP contribution < -0.4 is 10.0 Å². The van der Waals surface area contributed by atoms with Crippen molar-refractivity contribution in [2.75, 3.05) is 5.32 Å². The molecule has 0 saturated carbocycles. The molecule has 1 aromatic heterocycles. The lowest BCUT2D eigenvalue weighted by molar-refractivity contribution is -0.115. The van der Waals surface area contributed by atoms with Crippen LogP contribution in [0.3, 0.4) is 0 Å². The molecule has 3 aromatic rings. The first-order chi connectivity index (χ1) is 14.6. The predicted molar refractivity (Wildman–Crippen MR) is 126 cm³/mol. The first-order valence-corrected chi connectivity index (χ1v) is 12.4. The normalized spacial score (nSPS) is 12.0. The van der Waals surface area contributed by atoms with Gasteiger partial charge < -0.3 is 5.32 Å². The standard InChI is InChI=1S/C23H27N3O3S2/c1-5-16-9-11-17(12-10-16)22-25-19(15-30-22)14-21(27)24-18-7-6-8-20(13-18)31(28,29)26-23(2,3)4/h6-13,15,26H,5,14H2,1-4H3,(H,24,27). The highest BCUT2D eigenvalue weighted by Crippen LogP contribution is 2.25. The van der Waals surface area contributed by atoms with Gasteiger partial charge in [-0.2, -0.15) is 0 Å². The molecule has 0 saturated heterocycles. The number of hydrogen-bond acceptors (Lipinski definition) is 5. The second-order valence-corrected chi connectivity index (χ2v) is 10.8. The van der Waals surface area contributed by atoms with E-state index in [0.29, 0.717) is 11.4 Å². The second kappa shape index (κ2) is 9.30. The van der Waals surface area contributed by atoms with Gasteiger partial charge in [0.2, 0.25) is 15.9 Å². The Morgan fingerprint density at radius 1 is 1.10 bits per heavy atom. The zero-order chi connectivity index (χ0) is 22.6. The molecule has 8 heteroatoms. The van der Waals surface area contributed by atoms with Crippen LogP contribution in [0, 0.1) is 0 Å². The fourth-order valence-corrected chi connectivity index (χ4v) is 5.27. The number of carbonyl (C=O) groups excluding carboxylic acids is 1. The van der Waals surface area contributed by atoms with Gasteiger partial charge in [0.25, 0.3) is 0 Å². The summed E-state index contributed by atoms with van der Waals surface area (Å²) in [5.41, 5.74) is 2.79. The zero-order valence-corrected chi connectivity index (χ0v) is 19.7. The molecule has 0 aliphatic heterocycles. The topological polar surface area (TPSA) is 88.2 Å². The summed E-state index contributed by atoms with van der Waals surface area (Å²) in [6, 6.07) is 14.5. The molecular formula is C23H27N3O3S2. The van der Waals surface area contributed by atoms with Crippen LogP contribution in [0.5, 0.6) is 0 Å². The second-order valence-electron chi connectivity index (χ2n) is 8.30. The van der Waals surface area contributed by atoms with E-state index in [-0.39, 0.29) is 17.2 Å². The third-order valence-electron chi connectivity index (χ3n) is 4.37. The number of rotatable bonds is 7. The van der Waals surface area contributed by atoms with Gasteiger partial charge in [0.1, 0.15) is 5.01 Å². The van der Waals surface area contributed by atoms with Gasteiger partial charge in [-0.05, 0) is 51.0 Å². The number of anilines is 1. The summed E-state index contributed by atoms with van der Waals surface area (Å²) in [4.78, 5) is 17.2. The van der Waals surface area contributed by atoms with Gasteiger partial charge in [0.15, 0.2) is 0 Å². The Bertz CT molecular complexity index is 1160. The number of nitrogens with zero attached hydrogens (tertiary/aromatic N) is 1. The van der Waals surface area contributed by atoms with Gasteiger partial charge in [0.05, 0.1) is 17.0 Å². The van der Waals surface area contributed by atoms with Crippen LogP contribution >= 0.6 is 11.3 Å². The van der Waals surface area contributed by atoms with Gasteiger partial charge in [-0.25, -0.2) is 18.1 Å². The average molecular weight is 458 g/mol. The van der Waals surface area contributed by atoms with Crippen LogP contribution in [0.4, 0.5) is 5.69 Å². The molecule has 2 N–H and O–H groups in total. The smallest absolute Gasteiger partial charge is 0.241 e. The molecule has 0 unspecified atom stereocenters. The Morgan fingerprint density at radius 2 is 1.81 bits per heavy atom. The maximum absolute atomic E-state index is 12.5. The maximum atomic E-state index is 12.5. The first kappa shape index (κ1) is 23.1. The minimum Gasteiger partial charge on any atom is -0.326 e. The fraction of sp³-hybridized carbons (Fsp3) is 0.304. The van der Waals surface area contributed by atoms with E-state index in [4.69, 9.17) is 0 Å². The molecule has 0 aliphatic rings. The minimum absolute atomic E-state index is 0.103. The van der Waals surface area contributed by atoms with Crippen molar-refractivity contribution in [1.29, 1.82) is 0 Å². The van der Waals surface area contributed by atoms with Crippen LogP contribution in [0.2, 0.25) is 0 Å². The van der Waals surface area contributed by atoms with Gasteiger partial charge in [-0.1, -0.05) is 37.3 Å². The molecule has 0 radical (unpaired) electrons. The third kappa shape index (κ3) is 6.46. The molecule has 0 fully saturated rings. The van der Waals surface area contributed by atoms with Crippen molar-refractivity contribution in [2.24, 2.45) is 0 Å². The number of carbonyl (C=O) groups is 1. The van der Waals surface area contributed by atoms with Gasteiger partial charge >= 0.3 is 0 Å². The summed E-state index contributed by atoms with van der Waals surface area (Å²) in [5.74, 6) is -0.253. The van der Waals surface area contributed by atoms with Crippen LogP contribution in [0.15, 0.2) is 58.8 Å². The largest absolute Gasteiger partial charge is 0.326 e. The number of benzene rings is 2. The van der Waals surface area contributed by atoms with E-state index >= 15 is 0 Å². The molecule has 164 valence electrons. The van der Waals surface area contributed by atoms with E-state index in [9.17, 15) is 13.2 Å². The highest BCUT2D eigenvalue weighted by atomic mass is 32.2. The highest BCUT2D eigenvalue weighted by molar-refractivity contribution is 7.89. The van der Waals surface area contributed by atoms with Gasteiger partial charge in [0, 0.05) is 22.2 Å². The summed E-state index contributed by atoms with van der Waals surface area (Å²) < 4.78 is 27.7. The molecule has 0 bridgehead atoms. The van der Waals surface area contributed by atoms with Crippen LogP contribution in [-0.2, 0) is 27.7 Å². The summed E-state index contributed by atoms with van der Waals surface area (Å²) in [5, 5.41) is 5.50. The summed E-state index contributed by atoms with van der Waals surface area (Å²) in [6.07, 6.45) is 1.10. The number of nitrogens with one attached hydrogen (secondary N) is 2. The molecule has 1 amide bonds. The average Bonchev–Trinajstić information content (AvgIpc) is 3.14. The molecule has 0 atom stereocenters. The Morgan fingerprint density at radius 3 is 2.45 bits per heavy atom. The van der Waals surface area contributed by atoms with E-state index in [0.717, 1.165) is 17.0 Å². The number of hydrogen-bond donors (Lipinski definition) is 2. The van der Waals surface area contributed by atoms with Gasteiger partial charge in [-0.15, -0.1) is 11.3 Å². The molecule has 0 aliphatic carbocycles. The molecule has 3 rings (SSSR count). The van der Waals surface area contributed by atoms with Crippen molar-refractivity contribution < 1.29 is 13.2 Å². The molecule has 31 heavy (non-hydrogen) atoms. The van der Waals surface area contributed by atoms with Crippen molar-refractivity contribution in [3.8, 4) is 10.6 Å². The van der Waals surface area contributed by atoms with E-state index < -0.39 is 15.6 Å². The van der Waals surface area contributed by atoms with Crippen molar-refractivity contribution in [3.63, 3.8) is 0 Å². The first-order valence-electron chi connectivity index (χ1n) is 10.0. The Kier molecular flexibility index (Phi) is 6.93. The SMILES string of the molecule is CCc1ccc(-c2nc(CC(=O)Nc3cccc(S(=O)(=O)NC(C)(C)C)c3)cs2)cc1. The lowest BCUT2D eigenvalue weighted by Crippen LogP contribution is -2.40. The molecule has 0 spiro atoms. The van der Waals surface area contributed by atoms with Crippen molar-refractivity contribution in [3.05, 3.63) is 65.2 Å². The van der Waals surface area contributed by atoms with Crippen molar-refractivity contribution >= 4 is 33.0 Å². The number of aryl methyl sites for hydroxylation is 1. The number of sulfonamides is 1. The Balaban J connectivity index is 1.67. The quantitative estimate of drug-likeness (QED) is 0.541. The Labute approximate surface area is 187 Å². The molecule has 1 heterocycles. The number of amides is 1. The molecule has 6 nitrogen and oxygen atoms in total. The lowest BCUT2D eigenvalue weighted by Gasteiger charge is -2.20. The zero-order valence-electron chi connectivity index (χ0n) is 18.1. The van der Waals surface area contributed by atoms with Crippen molar-refractivity contribution in [1.82, 2.24) is 9.71 Å². The Hall–Kier alpha value is -2.55. The summed E-state index contributed by atoms with van der Waals surface area (Å²) in [7, 11) is -3.68. The number of aromatic nitrogens is 1. The molecule has 2 aromatic carbocycles. The minimum atomic E-state index is -3.68. The lowest BCUT2D eigenvalue weighted by atomic mass is 10.1. The fourth-order valence-electron chi connectivity index (χ4n) is 2.98. The highest BCUT2D eigenvalue weighted by Gasteiger charge is 2.22. The van der Waals surface area contributed by atoms with Crippen LogP contribution in [0.1, 0.15) is 39.0 Å². The van der Waals surface area contributed by atoms with E-state index in [1.165, 1.54) is 29.0 Å². The maximum Gasteiger partial charge on any atom is 0.241 e. The van der Waals surface area contributed by atoms with Crippen LogP contribution in [-0.4, -0.2) is 24.8 Å². The summed E-state index contributed by atoms with van der Waals surface area (Å²) >= 11 is 1.50.